The molecule has 0 saturated heterocycles. The van der Waals surface area contributed by atoms with Gasteiger partial charge >= 0.3 is 0 Å². The van der Waals surface area contributed by atoms with Crippen molar-refractivity contribution in [1.82, 2.24) is 30.1 Å². The Morgan fingerprint density at radius 2 is 1.85 bits per heavy atom. The number of pyridine rings is 2. The molecule has 0 aliphatic carbocycles. The van der Waals surface area contributed by atoms with Crippen molar-refractivity contribution in [2.24, 2.45) is 0 Å². The van der Waals surface area contributed by atoms with Crippen LogP contribution in [0.3, 0.4) is 0 Å². The van der Waals surface area contributed by atoms with Crippen molar-refractivity contribution < 1.29 is 8.78 Å². The molecule has 34 heavy (non-hydrogen) atoms. The van der Waals surface area contributed by atoms with E-state index in [1.165, 1.54) is 12.1 Å². The van der Waals surface area contributed by atoms with Gasteiger partial charge in [0.05, 0.1) is 22.3 Å². The van der Waals surface area contributed by atoms with Crippen LogP contribution in [0.4, 0.5) is 14.5 Å². The fourth-order valence-corrected chi connectivity index (χ4v) is 4.66. The van der Waals surface area contributed by atoms with E-state index in [9.17, 15) is 4.39 Å². The van der Waals surface area contributed by atoms with Crippen molar-refractivity contribution in [2.75, 3.05) is 19.0 Å². The molecule has 6 aromatic rings. The smallest absolute Gasteiger partial charge is 0.177 e. The van der Waals surface area contributed by atoms with E-state index < -0.39 is 5.82 Å². The van der Waals surface area contributed by atoms with Crippen LogP contribution in [0.25, 0.3) is 55.2 Å². The first kappa shape index (κ1) is 20.4. The Morgan fingerprint density at radius 3 is 2.65 bits per heavy atom. The van der Waals surface area contributed by atoms with Crippen LogP contribution >= 0.6 is 11.3 Å². The van der Waals surface area contributed by atoms with E-state index in [4.69, 9.17) is 4.98 Å². The summed E-state index contributed by atoms with van der Waals surface area (Å²) in [7, 11) is 3.85. The minimum atomic E-state index is -0.446. The Kier molecular flexibility index (Phi) is 4.63. The number of thiophene rings is 1. The minimum absolute atomic E-state index is 0.217. The zero-order chi connectivity index (χ0) is 23.4. The SMILES string of the molecule is CN(C)c1cncc(-c2cc(F)c3n[nH]c(-c4nc5c(-c6ccc(F)s6)nccc5[nH]4)c3c2)c1. The lowest BCUT2D eigenvalue weighted by Crippen LogP contribution is -2.08. The van der Waals surface area contributed by atoms with E-state index in [1.54, 1.807) is 30.7 Å². The number of imidazole rings is 1. The number of aromatic nitrogens is 6. The van der Waals surface area contributed by atoms with Crippen molar-refractivity contribution >= 4 is 39.0 Å². The van der Waals surface area contributed by atoms with Gasteiger partial charge in [0.2, 0.25) is 0 Å². The molecule has 0 unspecified atom stereocenters. The Bertz CT molecular complexity index is 1680. The van der Waals surface area contributed by atoms with E-state index in [-0.39, 0.29) is 10.6 Å². The number of halogens is 2. The Balaban J connectivity index is 1.51. The molecule has 7 nitrogen and oxygen atoms in total. The molecule has 0 spiro atoms. The van der Waals surface area contributed by atoms with Crippen LogP contribution in [-0.2, 0) is 0 Å². The summed E-state index contributed by atoms with van der Waals surface area (Å²) in [6, 6.07) is 10.2. The van der Waals surface area contributed by atoms with Gasteiger partial charge in [0, 0.05) is 37.4 Å². The molecule has 1 aromatic carbocycles. The summed E-state index contributed by atoms with van der Waals surface area (Å²) >= 11 is 1.01. The van der Waals surface area contributed by atoms with E-state index in [0.717, 1.165) is 28.1 Å². The lowest BCUT2D eigenvalue weighted by Gasteiger charge is -2.13. The molecule has 0 aliphatic heterocycles. The number of hydrogen-bond donors (Lipinski definition) is 2. The Labute approximate surface area is 196 Å². The second-order valence-corrected chi connectivity index (χ2v) is 9.06. The van der Waals surface area contributed by atoms with Gasteiger partial charge in [-0.2, -0.15) is 9.49 Å². The topological polar surface area (TPSA) is 86.4 Å². The third-order valence-corrected chi connectivity index (χ3v) is 6.51. The van der Waals surface area contributed by atoms with Crippen molar-refractivity contribution in [3.8, 4) is 33.2 Å². The molecule has 6 rings (SSSR count). The van der Waals surface area contributed by atoms with Crippen LogP contribution in [-0.4, -0.2) is 44.2 Å². The molecule has 0 amide bonds. The van der Waals surface area contributed by atoms with Crippen LogP contribution in [0.15, 0.2) is 55.0 Å². The molecule has 0 fully saturated rings. The van der Waals surface area contributed by atoms with Crippen molar-refractivity contribution in [2.45, 2.75) is 0 Å². The number of benzene rings is 1. The highest BCUT2D eigenvalue weighted by atomic mass is 32.1. The summed E-state index contributed by atoms with van der Waals surface area (Å²) < 4.78 is 28.6. The van der Waals surface area contributed by atoms with Gasteiger partial charge in [-0.1, -0.05) is 0 Å². The van der Waals surface area contributed by atoms with Gasteiger partial charge in [-0.3, -0.25) is 15.1 Å². The van der Waals surface area contributed by atoms with E-state index in [1.807, 2.05) is 31.1 Å². The van der Waals surface area contributed by atoms with Gasteiger partial charge in [-0.15, -0.1) is 11.3 Å². The molecule has 5 aromatic heterocycles. The molecular weight excluding hydrogens is 456 g/mol. The number of fused-ring (bicyclic) bond motifs is 2. The highest BCUT2D eigenvalue weighted by Crippen LogP contribution is 2.35. The molecule has 0 bridgehead atoms. The Hall–Kier alpha value is -4.18. The summed E-state index contributed by atoms with van der Waals surface area (Å²) in [6.07, 6.45) is 5.10. The maximum atomic E-state index is 15.0. The van der Waals surface area contributed by atoms with Crippen LogP contribution in [0.5, 0.6) is 0 Å². The summed E-state index contributed by atoms with van der Waals surface area (Å²) in [5.41, 5.74) is 5.05. The van der Waals surface area contributed by atoms with Crippen LogP contribution in [0.1, 0.15) is 0 Å². The quantitative estimate of drug-likeness (QED) is 0.346. The zero-order valence-corrected chi connectivity index (χ0v) is 18.9. The minimum Gasteiger partial charge on any atom is -0.376 e. The standard InChI is InChI=1S/C24H17F2N7S/c1-33(2)14-7-13(10-27-11-14)12-8-15-20(16(25)9-12)31-32-21(15)24-29-17-5-6-28-23(22(17)30-24)18-3-4-19(26)34-18/h3-11H,1-2H3,(H,29,30)(H,31,32). The monoisotopic (exact) mass is 473 g/mol. The number of H-pyrrole nitrogens is 2. The van der Waals surface area contributed by atoms with Crippen LogP contribution in [0, 0.1) is 10.9 Å². The summed E-state index contributed by atoms with van der Waals surface area (Å²) in [4.78, 5) is 19.3. The fraction of sp³-hybridized carbons (Fsp3) is 0.0833. The predicted molar refractivity (Wildman–Crippen MR) is 130 cm³/mol. The van der Waals surface area contributed by atoms with Gasteiger partial charge in [-0.25, -0.2) is 9.37 Å². The molecule has 10 heteroatoms. The molecular formula is C24H17F2N7S. The highest BCUT2D eigenvalue weighted by molar-refractivity contribution is 7.13. The lowest BCUT2D eigenvalue weighted by molar-refractivity contribution is 0.636. The van der Waals surface area contributed by atoms with Gasteiger partial charge in [0.25, 0.3) is 0 Å². The van der Waals surface area contributed by atoms with E-state index in [0.29, 0.717) is 38.6 Å². The van der Waals surface area contributed by atoms with E-state index >= 15 is 4.39 Å². The first-order chi connectivity index (χ1) is 16.5. The molecule has 0 atom stereocenters. The summed E-state index contributed by atoms with van der Waals surface area (Å²) in [5.74, 6) is 0.0401. The molecule has 0 saturated carbocycles. The average molecular weight is 474 g/mol. The van der Waals surface area contributed by atoms with Crippen molar-refractivity contribution in [3.05, 3.63) is 65.9 Å². The number of hydrogen-bond acceptors (Lipinski definition) is 6. The number of nitrogens with zero attached hydrogens (tertiary/aromatic N) is 5. The predicted octanol–water partition coefficient (Wildman–Crippen LogP) is 5.64. The normalized spacial score (nSPS) is 11.5. The molecule has 168 valence electrons. The van der Waals surface area contributed by atoms with E-state index in [2.05, 4.69) is 25.1 Å². The van der Waals surface area contributed by atoms with Gasteiger partial charge < -0.3 is 9.88 Å². The first-order valence-corrected chi connectivity index (χ1v) is 11.2. The van der Waals surface area contributed by atoms with Crippen LogP contribution < -0.4 is 4.90 Å². The number of rotatable bonds is 4. The molecule has 2 N–H and O–H groups in total. The maximum absolute atomic E-state index is 15.0. The summed E-state index contributed by atoms with van der Waals surface area (Å²) in [5, 5.41) is 7.39. The highest BCUT2D eigenvalue weighted by Gasteiger charge is 2.19. The number of aromatic amines is 2. The largest absolute Gasteiger partial charge is 0.376 e. The fourth-order valence-electron chi connectivity index (χ4n) is 3.93. The van der Waals surface area contributed by atoms with Crippen molar-refractivity contribution in [3.63, 3.8) is 0 Å². The van der Waals surface area contributed by atoms with Crippen molar-refractivity contribution in [1.29, 1.82) is 0 Å². The first-order valence-electron chi connectivity index (χ1n) is 10.4. The second kappa shape index (κ2) is 7.70. The average Bonchev–Trinajstić information content (AvgIpc) is 3.56. The Morgan fingerprint density at radius 1 is 0.971 bits per heavy atom. The van der Waals surface area contributed by atoms with Crippen LogP contribution in [0.2, 0.25) is 0 Å². The van der Waals surface area contributed by atoms with Gasteiger partial charge in [0.15, 0.2) is 16.8 Å². The molecule has 0 radical (unpaired) electrons. The maximum Gasteiger partial charge on any atom is 0.177 e. The third-order valence-electron chi connectivity index (χ3n) is 5.63. The number of anilines is 1. The summed E-state index contributed by atoms with van der Waals surface area (Å²) in [6.45, 7) is 0. The number of nitrogens with one attached hydrogen (secondary N) is 2. The third kappa shape index (κ3) is 3.30. The molecule has 5 heterocycles. The van der Waals surface area contributed by atoms with Gasteiger partial charge in [0.1, 0.15) is 22.4 Å². The van der Waals surface area contributed by atoms with Gasteiger partial charge in [-0.05, 0) is 42.0 Å². The lowest BCUT2D eigenvalue weighted by atomic mass is 10.0. The zero-order valence-electron chi connectivity index (χ0n) is 18.1. The molecule has 0 aliphatic rings. The second-order valence-electron chi connectivity index (χ2n) is 8.02.